The second kappa shape index (κ2) is 7.81. The lowest BCUT2D eigenvalue weighted by atomic mass is 9.88. The average molecular weight is 292 g/mol. The lowest BCUT2D eigenvalue weighted by Crippen LogP contribution is -2.23. The van der Waals surface area contributed by atoms with Crippen molar-refractivity contribution in [2.24, 2.45) is 5.41 Å². The van der Waals surface area contributed by atoms with Crippen LogP contribution in [-0.2, 0) is 4.74 Å². The van der Waals surface area contributed by atoms with Gasteiger partial charge in [0, 0.05) is 0 Å². The average Bonchev–Trinajstić information content (AvgIpc) is 2.45. The summed E-state index contributed by atoms with van der Waals surface area (Å²) in [5.74, 6) is -1.69. The fourth-order valence-electron chi connectivity index (χ4n) is 2.11. The summed E-state index contributed by atoms with van der Waals surface area (Å²) < 4.78 is 5.31. The molecule has 1 N–H and O–H groups in total. The van der Waals surface area contributed by atoms with Crippen molar-refractivity contribution in [2.45, 2.75) is 46.5 Å². The molecular formula is C17H24O4. The first-order chi connectivity index (χ1) is 9.87. The van der Waals surface area contributed by atoms with E-state index in [1.807, 2.05) is 0 Å². The van der Waals surface area contributed by atoms with Gasteiger partial charge in [0.15, 0.2) is 0 Å². The van der Waals surface area contributed by atoms with Crippen LogP contribution in [-0.4, -0.2) is 23.7 Å². The second-order valence-electron chi connectivity index (χ2n) is 6.05. The molecule has 0 aromatic heterocycles. The van der Waals surface area contributed by atoms with Crippen molar-refractivity contribution in [1.29, 1.82) is 0 Å². The molecule has 0 saturated heterocycles. The Labute approximate surface area is 126 Å². The fraction of sp³-hybridized carbons (Fsp3) is 0.529. The largest absolute Gasteiger partial charge is 0.478 e. The molecule has 0 aliphatic rings. The van der Waals surface area contributed by atoms with E-state index in [4.69, 9.17) is 9.84 Å². The highest BCUT2D eigenvalue weighted by Crippen LogP contribution is 2.24. The quantitative estimate of drug-likeness (QED) is 0.577. The fourth-order valence-corrected chi connectivity index (χ4v) is 2.11. The van der Waals surface area contributed by atoms with E-state index in [0.717, 1.165) is 19.3 Å². The summed E-state index contributed by atoms with van der Waals surface area (Å²) >= 11 is 0. The van der Waals surface area contributed by atoms with Gasteiger partial charge in [-0.15, -0.1) is 0 Å². The van der Waals surface area contributed by atoms with Crippen LogP contribution in [0.1, 0.15) is 67.2 Å². The van der Waals surface area contributed by atoms with E-state index in [-0.39, 0.29) is 16.5 Å². The summed E-state index contributed by atoms with van der Waals surface area (Å²) in [7, 11) is 0. The van der Waals surface area contributed by atoms with Crippen LogP contribution in [0.3, 0.4) is 0 Å². The number of carboxylic acid groups (broad SMARTS) is 1. The van der Waals surface area contributed by atoms with Crippen molar-refractivity contribution in [3.63, 3.8) is 0 Å². The van der Waals surface area contributed by atoms with Gasteiger partial charge in [-0.2, -0.15) is 0 Å². The maximum absolute atomic E-state index is 12.1. The first-order valence-electron chi connectivity index (χ1n) is 7.37. The molecule has 0 heterocycles. The summed E-state index contributed by atoms with van der Waals surface area (Å²) in [5, 5.41) is 9.08. The van der Waals surface area contributed by atoms with Gasteiger partial charge in [-0.25, -0.2) is 9.59 Å². The lowest BCUT2D eigenvalue weighted by molar-refractivity contribution is 0.0318. The Bertz CT molecular complexity index is 491. The summed E-state index contributed by atoms with van der Waals surface area (Å²) in [4.78, 5) is 23.2. The molecule has 1 rings (SSSR count). The topological polar surface area (TPSA) is 63.6 Å². The normalized spacial score (nSPS) is 11.2. The SMILES string of the molecule is CCCCCC(C)(C)COC(=O)c1ccccc1C(=O)O. The molecule has 0 atom stereocenters. The van der Waals surface area contributed by atoms with Crippen molar-refractivity contribution in [2.75, 3.05) is 6.61 Å². The first kappa shape index (κ1) is 17.2. The van der Waals surface area contributed by atoms with Crippen molar-refractivity contribution < 1.29 is 19.4 Å². The van der Waals surface area contributed by atoms with Gasteiger partial charge >= 0.3 is 11.9 Å². The molecule has 116 valence electrons. The summed E-state index contributed by atoms with van der Waals surface area (Å²) in [6.07, 6.45) is 4.41. The van der Waals surface area contributed by atoms with E-state index in [2.05, 4.69) is 20.8 Å². The Balaban J connectivity index is 2.64. The Morgan fingerprint density at radius 2 is 1.76 bits per heavy atom. The van der Waals surface area contributed by atoms with E-state index in [1.54, 1.807) is 12.1 Å². The summed E-state index contributed by atoms with van der Waals surface area (Å²) in [5.41, 5.74) is -0.0103. The third-order valence-electron chi connectivity index (χ3n) is 3.43. The predicted molar refractivity (Wildman–Crippen MR) is 81.6 cm³/mol. The summed E-state index contributed by atoms with van der Waals surface area (Å²) in [6, 6.07) is 6.12. The zero-order valence-corrected chi connectivity index (χ0v) is 13.0. The molecule has 0 bridgehead atoms. The number of aromatic carboxylic acids is 1. The van der Waals surface area contributed by atoms with Crippen LogP contribution in [0.2, 0.25) is 0 Å². The molecule has 1 aromatic carbocycles. The van der Waals surface area contributed by atoms with Gasteiger partial charge in [0.1, 0.15) is 0 Å². The number of hydrogen-bond donors (Lipinski definition) is 1. The maximum atomic E-state index is 12.1. The number of ether oxygens (including phenoxy) is 1. The van der Waals surface area contributed by atoms with Crippen LogP contribution in [0.5, 0.6) is 0 Å². The van der Waals surface area contributed by atoms with Gasteiger partial charge in [-0.1, -0.05) is 52.2 Å². The zero-order chi connectivity index (χ0) is 15.9. The van der Waals surface area contributed by atoms with E-state index in [1.165, 1.54) is 18.6 Å². The van der Waals surface area contributed by atoms with Gasteiger partial charge in [0.25, 0.3) is 0 Å². The van der Waals surface area contributed by atoms with Crippen LogP contribution in [0, 0.1) is 5.41 Å². The number of esters is 1. The highest BCUT2D eigenvalue weighted by molar-refractivity contribution is 6.02. The molecule has 0 aliphatic heterocycles. The second-order valence-corrected chi connectivity index (χ2v) is 6.05. The molecule has 4 heteroatoms. The van der Waals surface area contributed by atoms with Crippen LogP contribution in [0.25, 0.3) is 0 Å². The van der Waals surface area contributed by atoms with Crippen molar-refractivity contribution in [3.8, 4) is 0 Å². The van der Waals surface area contributed by atoms with Crippen molar-refractivity contribution >= 4 is 11.9 Å². The molecule has 0 fully saturated rings. The van der Waals surface area contributed by atoms with E-state index >= 15 is 0 Å². The van der Waals surface area contributed by atoms with E-state index < -0.39 is 11.9 Å². The number of unbranched alkanes of at least 4 members (excludes halogenated alkanes) is 2. The third-order valence-corrected chi connectivity index (χ3v) is 3.43. The van der Waals surface area contributed by atoms with Crippen LogP contribution in [0.4, 0.5) is 0 Å². The smallest absolute Gasteiger partial charge is 0.339 e. The standard InChI is InChI=1S/C17H24O4/c1-4-5-8-11-17(2,3)12-21-16(20)14-10-7-6-9-13(14)15(18)19/h6-7,9-10H,4-5,8,11-12H2,1-3H3,(H,18,19). The van der Waals surface area contributed by atoms with E-state index in [0.29, 0.717) is 6.61 Å². The molecule has 0 unspecified atom stereocenters. The van der Waals surface area contributed by atoms with E-state index in [9.17, 15) is 9.59 Å². The minimum absolute atomic E-state index is 0.0220. The highest BCUT2D eigenvalue weighted by atomic mass is 16.5. The van der Waals surface area contributed by atoms with Crippen molar-refractivity contribution in [3.05, 3.63) is 35.4 Å². The third kappa shape index (κ3) is 5.58. The number of rotatable bonds is 8. The van der Waals surface area contributed by atoms with Gasteiger partial charge in [0.2, 0.25) is 0 Å². The molecule has 0 amide bonds. The van der Waals surface area contributed by atoms with Gasteiger partial charge in [-0.3, -0.25) is 0 Å². The highest BCUT2D eigenvalue weighted by Gasteiger charge is 2.22. The van der Waals surface area contributed by atoms with Crippen LogP contribution < -0.4 is 0 Å². The molecule has 0 saturated carbocycles. The van der Waals surface area contributed by atoms with Crippen molar-refractivity contribution in [1.82, 2.24) is 0 Å². The minimum atomic E-state index is -1.12. The zero-order valence-electron chi connectivity index (χ0n) is 13.0. The first-order valence-corrected chi connectivity index (χ1v) is 7.37. The number of benzene rings is 1. The molecule has 4 nitrogen and oxygen atoms in total. The maximum Gasteiger partial charge on any atom is 0.339 e. The number of carboxylic acids is 1. The number of carbonyl (C=O) groups excluding carboxylic acids is 1. The monoisotopic (exact) mass is 292 g/mol. The molecule has 0 spiro atoms. The minimum Gasteiger partial charge on any atom is -0.478 e. The van der Waals surface area contributed by atoms with Gasteiger partial charge in [-0.05, 0) is 24.0 Å². The van der Waals surface area contributed by atoms with Gasteiger partial charge < -0.3 is 9.84 Å². The lowest BCUT2D eigenvalue weighted by Gasteiger charge is -2.24. The Morgan fingerprint density at radius 1 is 1.14 bits per heavy atom. The predicted octanol–water partition coefficient (Wildman–Crippen LogP) is 4.15. The molecule has 21 heavy (non-hydrogen) atoms. The molecule has 0 aliphatic carbocycles. The summed E-state index contributed by atoms with van der Waals surface area (Å²) in [6.45, 7) is 6.55. The number of hydrogen-bond acceptors (Lipinski definition) is 3. The Kier molecular flexibility index (Phi) is 6.40. The molecular weight excluding hydrogens is 268 g/mol. The molecule has 1 aromatic rings. The van der Waals surface area contributed by atoms with Gasteiger partial charge in [0.05, 0.1) is 17.7 Å². The van der Waals surface area contributed by atoms with Crippen LogP contribution in [0.15, 0.2) is 24.3 Å². The Hall–Kier alpha value is -1.84. The molecule has 0 radical (unpaired) electrons. The number of carbonyl (C=O) groups is 2. The van der Waals surface area contributed by atoms with Crippen LogP contribution >= 0.6 is 0 Å². The Morgan fingerprint density at radius 3 is 2.33 bits per heavy atom.